The second-order valence-corrected chi connectivity index (χ2v) is 9.04. The molecule has 3 aromatic rings. The van der Waals surface area contributed by atoms with Crippen LogP contribution in [-0.4, -0.2) is 72.6 Å². The van der Waals surface area contributed by atoms with E-state index in [2.05, 4.69) is 26.2 Å². The van der Waals surface area contributed by atoms with Gasteiger partial charge in [-0.3, -0.25) is 0 Å². The maximum atomic E-state index is 10.9. The lowest BCUT2D eigenvalue weighted by atomic mass is 9.97. The summed E-state index contributed by atoms with van der Waals surface area (Å²) in [6.07, 6.45) is 5.71. The van der Waals surface area contributed by atoms with Crippen LogP contribution in [0.4, 0.5) is 5.13 Å². The predicted octanol–water partition coefficient (Wildman–Crippen LogP) is 0.658. The average molecular weight is 486 g/mol. The Labute approximate surface area is 197 Å². The zero-order valence-electron chi connectivity index (χ0n) is 17.3. The van der Waals surface area contributed by atoms with Gasteiger partial charge >= 0.3 is 0 Å². The lowest BCUT2D eigenvalue weighted by Crippen LogP contribution is -2.55. The fourth-order valence-electron chi connectivity index (χ4n) is 3.48. The molecule has 5 unspecified atom stereocenters. The van der Waals surface area contributed by atoms with Gasteiger partial charge in [0.25, 0.3) is 0 Å². The van der Waals surface area contributed by atoms with E-state index >= 15 is 0 Å². The van der Waals surface area contributed by atoms with Gasteiger partial charge in [0.2, 0.25) is 0 Å². The average Bonchev–Trinajstić information content (AvgIpc) is 3.48. The summed E-state index contributed by atoms with van der Waals surface area (Å²) in [4.78, 5) is 8.78. The van der Waals surface area contributed by atoms with Crippen LogP contribution in [0, 0.1) is 23.7 Å². The molecule has 1 saturated heterocycles. The van der Waals surface area contributed by atoms with Crippen LogP contribution in [0.15, 0.2) is 28.7 Å². The van der Waals surface area contributed by atoms with Crippen LogP contribution in [0.3, 0.4) is 0 Å². The lowest BCUT2D eigenvalue weighted by Gasteiger charge is -2.43. The van der Waals surface area contributed by atoms with E-state index in [1.54, 1.807) is 17.6 Å². The number of aliphatic hydroxyl groups excluding tert-OH is 2. The van der Waals surface area contributed by atoms with Crippen LogP contribution < -0.4 is 5.73 Å². The first kappa shape index (κ1) is 23.1. The van der Waals surface area contributed by atoms with E-state index in [0.717, 1.165) is 0 Å². The van der Waals surface area contributed by atoms with Crippen molar-refractivity contribution in [3.8, 4) is 29.8 Å². The molecule has 11 nitrogen and oxygen atoms in total. The third-order valence-corrected chi connectivity index (χ3v) is 6.92. The number of pyridine rings is 1. The number of aromatic nitrogens is 5. The number of hydrogen-bond acceptors (Lipinski definition) is 12. The fourth-order valence-corrected chi connectivity index (χ4v) is 5.29. The van der Waals surface area contributed by atoms with Crippen molar-refractivity contribution in [2.24, 2.45) is 0 Å². The fraction of sp³-hybridized carbons (Fsp3) is 0.350. The molecule has 0 radical (unpaired) electrons. The SMILES string of the molecule is C#Cc1cnc(C#N)c(SC2OC(CO)C(O)C(n3cc(-c4csc(N)n4)nn3)C2OC)c1. The molecule has 4 heterocycles. The Morgan fingerprint density at radius 2 is 2.27 bits per heavy atom. The third kappa shape index (κ3) is 4.56. The van der Waals surface area contributed by atoms with Gasteiger partial charge in [0.15, 0.2) is 10.8 Å². The molecule has 33 heavy (non-hydrogen) atoms. The highest BCUT2D eigenvalue weighted by molar-refractivity contribution is 7.99. The zero-order valence-corrected chi connectivity index (χ0v) is 18.9. The van der Waals surface area contributed by atoms with E-state index in [-0.39, 0.29) is 5.69 Å². The highest BCUT2D eigenvalue weighted by Crippen LogP contribution is 2.40. The first-order valence-corrected chi connectivity index (χ1v) is 11.4. The van der Waals surface area contributed by atoms with Crippen LogP contribution in [0.1, 0.15) is 17.3 Å². The van der Waals surface area contributed by atoms with Gasteiger partial charge < -0.3 is 25.4 Å². The molecule has 13 heteroatoms. The monoisotopic (exact) mass is 485 g/mol. The molecule has 170 valence electrons. The number of thiazole rings is 1. The summed E-state index contributed by atoms with van der Waals surface area (Å²) in [7, 11) is 1.47. The molecule has 0 amide bonds. The van der Waals surface area contributed by atoms with E-state index in [0.29, 0.717) is 27.0 Å². The lowest BCUT2D eigenvalue weighted by molar-refractivity contribution is -0.186. The number of nitrogens with zero attached hydrogens (tertiary/aromatic N) is 6. The first-order chi connectivity index (χ1) is 16.0. The molecule has 5 atom stereocenters. The van der Waals surface area contributed by atoms with Gasteiger partial charge in [0, 0.05) is 29.1 Å². The molecule has 0 saturated carbocycles. The van der Waals surface area contributed by atoms with Crippen molar-refractivity contribution in [1.29, 1.82) is 5.26 Å². The largest absolute Gasteiger partial charge is 0.394 e. The van der Waals surface area contributed by atoms with E-state index in [1.807, 2.05) is 6.07 Å². The molecular formula is C20H19N7O4S2. The van der Waals surface area contributed by atoms with Crippen molar-refractivity contribution in [3.05, 3.63) is 35.1 Å². The van der Waals surface area contributed by atoms with Gasteiger partial charge in [0.05, 0.1) is 12.8 Å². The maximum absolute atomic E-state index is 10.9. The van der Waals surface area contributed by atoms with Crippen LogP contribution in [-0.2, 0) is 9.47 Å². The Hall–Kier alpha value is -3.04. The number of thioether (sulfide) groups is 1. The topological polar surface area (TPSA) is 165 Å². The summed E-state index contributed by atoms with van der Waals surface area (Å²) in [5.74, 6) is 2.49. The van der Waals surface area contributed by atoms with Crippen LogP contribution in [0.5, 0.6) is 0 Å². The number of hydrogen-bond donors (Lipinski definition) is 3. The van der Waals surface area contributed by atoms with Crippen molar-refractivity contribution in [3.63, 3.8) is 0 Å². The standard InChI is InChI=1S/C20H19N7O4S2/c1-3-10-4-15(11(5-21)23-6-10)33-19-18(30-2)16(17(29)14(8-28)31-19)27-7-12(25-26-27)13-9-32-20(22)24-13/h1,4,6-7,9,14,16-19,28-29H,8H2,2H3,(H2,22,24). The summed E-state index contributed by atoms with van der Waals surface area (Å²) in [6, 6.07) is 2.92. The van der Waals surface area contributed by atoms with Gasteiger partial charge in [-0.2, -0.15) is 5.26 Å². The number of anilines is 1. The summed E-state index contributed by atoms with van der Waals surface area (Å²) in [5, 5.41) is 40.7. The van der Waals surface area contributed by atoms with Crippen molar-refractivity contribution in [2.45, 2.75) is 34.7 Å². The number of nitrogen functional groups attached to an aromatic ring is 1. The Balaban J connectivity index is 1.69. The van der Waals surface area contributed by atoms with E-state index in [4.69, 9.17) is 21.6 Å². The quantitative estimate of drug-likeness (QED) is 0.420. The molecule has 4 rings (SSSR count). The minimum absolute atomic E-state index is 0.171. The number of nitrogens with two attached hydrogens (primary N) is 1. The molecular weight excluding hydrogens is 466 g/mol. The molecule has 0 spiro atoms. The molecule has 0 aliphatic carbocycles. The van der Waals surface area contributed by atoms with Gasteiger partial charge in [-0.25, -0.2) is 14.6 Å². The summed E-state index contributed by atoms with van der Waals surface area (Å²) in [5.41, 5.74) is 6.67. The molecule has 3 aromatic heterocycles. The zero-order chi connectivity index (χ0) is 23.5. The first-order valence-electron chi connectivity index (χ1n) is 9.62. The number of terminal acetylenes is 1. The molecule has 1 aliphatic rings. The smallest absolute Gasteiger partial charge is 0.180 e. The van der Waals surface area contributed by atoms with Gasteiger partial charge in [-0.15, -0.1) is 22.9 Å². The predicted molar refractivity (Wildman–Crippen MR) is 120 cm³/mol. The van der Waals surface area contributed by atoms with Crippen LogP contribution in [0.2, 0.25) is 0 Å². The van der Waals surface area contributed by atoms with E-state index in [1.165, 1.54) is 41.1 Å². The number of ether oxygens (including phenoxy) is 2. The second-order valence-electron chi connectivity index (χ2n) is 7.01. The number of nitriles is 1. The molecule has 0 bridgehead atoms. The summed E-state index contributed by atoms with van der Waals surface area (Å²) in [6.45, 7) is -0.441. The minimum Gasteiger partial charge on any atom is -0.394 e. The highest BCUT2D eigenvalue weighted by Gasteiger charge is 2.47. The molecule has 4 N–H and O–H groups in total. The van der Waals surface area contributed by atoms with Crippen LogP contribution in [0.25, 0.3) is 11.4 Å². The third-order valence-electron chi connectivity index (χ3n) is 5.07. The Morgan fingerprint density at radius 3 is 2.91 bits per heavy atom. The second kappa shape index (κ2) is 9.84. The molecule has 1 fully saturated rings. The summed E-state index contributed by atoms with van der Waals surface area (Å²) >= 11 is 2.44. The van der Waals surface area contributed by atoms with Crippen molar-refractivity contribution in [1.82, 2.24) is 25.0 Å². The van der Waals surface area contributed by atoms with Gasteiger partial charge in [-0.05, 0) is 6.07 Å². The number of rotatable bonds is 6. The Morgan fingerprint density at radius 1 is 1.45 bits per heavy atom. The van der Waals surface area contributed by atoms with E-state index in [9.17, 15) is 15.5 Å². The number of aliphatic hydroxyl groups is 2. The van der Waals surface area contributed by atoms with Gasteiger partial charge in [-0.1, -0.05) is 22.9 Å². The minimum atomic E-state index is -1.16. The molecule has 0 aromatic carbocycles. The Kier molecular flexibility index (Phi) is 6.90. The number of methoxy groups -OCH3 is 1. The normalized spacial score (nSPS) is 24.8. The summed E-state index contributed by atoms with van der Waals surface area (Å²) < 4.78 is 13.1. The maximum Gasteiger partial charge on any atom is 0.180 e. The van der Waals surface area contributed by atoms with Crippen molar-refractivity contribution < 1.29 is 19.7 Å². The Bertz CT molecular complexity index is 1220. The van der Waals surface area contributed by atoms with Crippen LogP contribution >= 0.6 is 23.1 Å². The highest BCUT2D eigenvalue weighted by atomic mass is 32.2. The van der Waals surface area contributed by atoms with Crippen molar-refractivity contribution >= 4 is 28.2 Å². The molecule has 1 aliphatic heterocycles. The van der Waals surface area contributed by atoms with E-state index < -0.39 is 36.4 Å². The van der Waals surface area contributed by atoms with Gasteiger partial charge in [0.1, 0.15) is 47.2 Å². The van der Waals surface area contributed by atoms with Crippen molar-refractivity contribution in [2.75, 3.05) is 19.5 Å².